The minimum Gasteiger partial charge on any atom is -0.497 e. The normalized spacial score (nSPS) is 11.4. The molecule has 12 heteroatoms. The molecule has 0 radical (unpaired) electrons. The quantitative estimate of drug-likeness (QED) is 0.240. The van der Waals surface area contributed by atoms with Crippen molar-refractivity contribution in [3.63, 3.8) is 0 Å². The van der Waals surface area contributed by atoms with E-state index in [9.17, 15) is 18.5 Å². The van der Waals surface area contributed by atoms with Crippen LogP contribution in [0.4, 0.5) is 23.0 Å². The monoisotopic (exact) mass is 502 g/mol. The molecule has 0 saturated heterocycles. The topological polar surface area (TPSA) is 149 Å². The van der Waals surface area contributed by atoms with E-state index in [0.29, 0.717) is 28.0 Å². The van der Waals surface area contributed by atoms with Gasteiger partial charge in [-0.2, -0.15) is 0 Å². The van der Waals surface area contributed by atoms with Gasteiger partial charge in [-0.05, 0) is 30.3 Å². The highest BCUT2D eigenvalue weighted by molar-refractivity contribution is 7.92. The number of non-ortho nitro benzene ring substituents is 1. The molecule has 36 heavy (non-hydrogen) atoms. The molecule has 5 aromatic rings. The Kier molecular flexibility index (Phi) is 5.78. The number of hydrogen-bond acceptors (Lipinski definition) is 9. The third-order valence-corrected chi connectivity index (χ3v) is 6.64. The van der Waals surface area contributed by atoms with E-state index in [2.05, 4.69) is 25.0 Å². The fraction of sp³-hybridized carbons (Fsp3) is 0.0417. The number of benzene rings is 3. The number of nitrogens with zero attached hydrogens (tertiary/aromatic N) is 4. The number of anilines is 3. The minimum absolute atomic E-state index is 0.0906. The van der Waals surface area contributed by atoms with E-state index in [1.807, 2.05) is 12.1 Å². The highest BCUT2D eigenvalue weighted by atomic mass is 32.2. The van der Waals surface area contributed by atoms with Gasteiger partial charge in [0.1, 0.15) is 5.75 Å². The number of para-hydroxylation sites is 2. The number of pyridine rings is 1. The molecule has 0 amide bonds. The van der Waals surface area contributed by atoms with Crippen LogP contribution >= 0.6 is 0 Å². The standard InChI is InChI=1S/C24H18N6O5S/c1-35-17-12-15-6-5-11-25-22(15)21(14-17)28-23-24(27-20-10-3-2-9-19(20)26-23)29-36(33,34)18-8-4-7-16(13-18)30(31)32/h2-14H,1H3,(H,26,28)(H,27,29). The van der Waals surface area contributed by atoms with Crippen molar-refractivity contribution in [2.24, 2.45) is 0 Å². The summed E-state index contributed by atoms with van der Waals surface area (Å²) in [5.74, 6) is 0.584. The Hall–Kier alpha value is -4.84. The summed E-state index contributed by atoms with van der Waals surface area (Å²) >= 11 is 0. The number of nitro groups is 1. The number of nitrogens with one attached hydrogen (secondary N) is 2. The predicted molar refractivity (Wildman–Crippen MR) is 135 cm³/mol. The van der Waals surface area contributed by atoms with Crippen LogP contribution in [0.2, 0.25) is 0 Å². The second kappa shape index (κ2) is 9.07. The van der Waals surface area contributed by atoms with Gasteiger partial charge in [0.25, 0.3) is 15.7 Å². The van der Waals surface area contributed by atoms with Crippen molar-refractivity contribution < 1.29 is 18.1 Å². The van der Waals surface area contributed by atoms with Gasteiger partial charge in [-0.1, -0.05) is 24.3 Å². The Bertz CT molecular complexity index is 1740. The van der Waals surface area contributed by atoms with Crippen molar-refractivity contribution >= 4 is 55.0 Å². The molecule has 0 spiro atoms. The first kappa shape index (κ1) is 22.9. The van der Waals surface area contributed by atoms with Gasteiger partial charge in [0.15, 0.2) is 11.6 Å². The van der Waals surface area contributed by atoms with E-state index < -0.39 is 14.9 Å². The van der Waals surface area contributed by atoms with Crippen LogP contribution in [-0.4, -0.2) is 35.4 Å². The zero-order chi connectivity index (χ0) is 25.3. The molecule has 11 nitrogen and oxygen atoms in total. The first-order valence-corrected chi connectivity index (χ1v) is 12.1. The summed E-state index contributed by atoms with van der Waals surface area (Å²) in [6.45, 7) is 0. The third kappa shape index (κ3) is 4.44. The average Bonchev–Trinajstić information content (AvgIpc) is 2.88. The SMILES string of the molecule is COc1cc(Nc2nc3ccccc3nc2NS(=O)(=O)c2cccc([N+](=O)[O-])c2)c2ncccc2c1. The smallest absolute Gasteiger partial charge is 0.270 e. The fourth-order valence-corrected chi connectivity index (χ4v) is 4.66. The van der Waals surface area contributed by atoms with E-state index in [-0.39, 0.29) is 22.2 Å². The second-order valence-electron chi connectivity index (χ2n) is 7.64. The molecule has 2 aromatic heterocycles. The molecular formula is C24H18N6O5S. The lowest BCUT2D eigenvalue weighted by molar-refractivity contribution is -0.385. The van der Waals surface area contributed by atoms with Crippen LogP contribution in [0.3, 0.4) is 0 Å². The molecule has 3 aromatic carbocycles. The fourth-order valence-electron chi connectivity index (χ4n) is 3.61. The lowest BCUT2D eigenvalue weighted by Crippen LogP contribution is -2.16. The lowest BCUT2D eigenvalue weighted by atomic mass is 10.1. The summed E-state index contributed by atoms with van der Waals surface area (Å²) in [6.07, 6.45) is 1.64. The Balaban J connectivity index is 1.63. The Labute approximate surface area is 205 Å². The summed E-state index contributed by atoms with van der Waals surface area (Å²) in [6, 6.07) is 18.9. The number of nitro benzene ring substituents is 1. The Morgan fingerprint density at radius 1 is 0.917 bits per heavy atom. The molecule has 2 N–H and O–H groups in total. The molecule has 0 bridgehead atoms. The summed E-state index contributed by atoms with van der Waals surface area (Å²) in [7, 11) is -2.71. The molecule has 0 aliphatic carbocycles. The van der Waals surface area contributed by atoms with Crippen LogP contribution in [0, 0.1) is 10.1 Å². The average molecular weight is 503 g/mol. The summed E-state index contributed by atoms with van der Waals surface area (Å²) in [5, 5.41) is 15.1. The molecule has 180 valence electrons. The first-order valence-electron chi connectivity index (χ1n) is 10.6. The van der Waals surface area contributed by atoms with Gasteiger partial charge < -0.3 is 10.1 Å². The number of methoxy groups -OCH3 is 1. The van der Waals surface area contributed by atoms with Crippen LogP contribution in [0.5, 0.6) is 5.75 Å². The van der Waals surface area contributed by atoms with E-state index in [1.165, 1.54) is 25.3 Å². The molecular weight excluding hydrogens is 484 g/mol. The predicted octanol–water partition coefficient (Wildman–Crippen LogP) is 4.64. The second-order valence-corrected chi connectivity index (χ2v) is 9.33. The van der Waals surface area contributed by atoms with Gasteiger partial charge in [-0.3, -0.25) is 19.8 Å². The number of aromatic nitrogens is 3. The number of sulfonamides is 1. The molecule has 2 heterocycles. The van der Waals surface area contributed by atoms with Crippen molar-refractivity contribution in [3.8, 4) is 5.75 Å². The molecule has 0 unspecified atom stereocenters. The van der Waals surface area contributed by atoms with Crippen molar-refractivity contribution in [2.45, 2.75) is 4.90 Å². The third-order valence-electron chi connectivity index (χ3n) is 5.31. The summed E-state index contributed by atoms with van der Waals surface area (Å²) in [4.78, 5) is 23.7. The molecule has 0 atom stereocenters. The van der Waals surface area contributed by atoms with Crippen molar-refractivity contribution in [3.05, 3.63) is 89.1 Å². The van der Waals surface area contributed by atoms with E-state index in [0.717, 1.165) is 11.5 Å². The van der Waals surface area contributed by atoms with E-state index in [4.69, 9.17) is 4.74 Å². The lowest BCUT2D eigenvalue weighted by Gasteiger charge is -2.15. The maximum Gasteiger partial charge on any atom is 0.270 e. The maximum absolute atomic E-state index is 13.2. The van der Waals surface area contributed by atoms with Crippen molar-refractivity contribution in [1.82, 2.24) is 15.0 Å². The van der Waals surface area contributed by atoms with Crippen LogP contribution < -0.4 is 14.8 Å². The Morgan fingerprint density at radius 3 is 2.39 bits per heavy atom. The summed E-state index contributed by atoms with van der Waals surface area (Å²) < 4.78 is 34.2. The van der Waals surface area contributed by atoms with E-state index >= 15 is 0 Å². The zero-order valence-electron chi connectivity index (χ0n) is 18.7. The van der Waals surface area contributed by atoms with Crippen LogP contribution in [0.1, 0.15) is 0 Å². The Morgan fingerprint density at radius 2 is 1.67 bits per heavy atom. The van der Waals surface area contributed by atoms with Crippen molar-refractivity contribution in [2.75, 3.05) is 17.1 Å². The molecule has 5 rings (SSSR count). The molecule has 0 aliphatic heterocycles. The van der Waals surface area contributed by atoms with Crippen LogP contribution in [0.15, 0.2) is 83.9 Å². The van der Waals surface area contributed by atoms with Gasteiger partial charge in [-0.25, -0.2) is 18.4 Å². The molecule has 0 saturated carbocycles. The van der Waals surface area contributed by atoms with Gasteiger partial charge in [0, 0.05) is 29.8 Å². The van der Waals surface area contributed by atoms with E-state index in [1.54, 1.807) is 42.6 Å². The van der Waals surface area contributed by atoms with Crippen LogP contribution in [0.25, 0.3) is 21.9 Å². The van der Waals surface area contributed by atoms with Gasteiger partial charge in [0.2, 0.25) is 0 Å². The number of hydrogen-bond donors (Lipinski definition) is 2. The first-order chi connectivity index (χ1) is 17.3. The highest BCUT2D eigenvalue weighted by Gasteiger charge is 2.22. The number of rotatable bonds is 7. The molecule has 0 fully saturated rings. The largest absolute Gasteiger partial charge is 0.497 e. The van der Waals surface area contributed by atoms with Gasteiger partial charge >= 0.3 is 0 Å². The maximum atomic E-state index is 13.2. The van der Waals surface area contributed by atoms with Gasteiger partial charge in [0.05, 0.1) is 39.2 Å². The van der Waals surface area contributed by atoms with Gasteiger partial charge in [-0.15, -0.1) is 0 Å². The van der Waals surface area contributed by atoms with Crippen molar-refractivity contribution in [1.29, 1.82) is 0 Å². The highest BCUT2D eigenvalue weighted by Crippen LogP contribution is 2.33. The number of ether oxygens (including phenoxy) is 1. The molecule has 0 aliphatic rings. The minimum atomic E-state index is -4.25. The zero-order valence-corrected chi connectivity index (χ0v) is 19.6. The summed E-state index contributed by atoms with van der Waals surface area (Å²) in [5.41, 5.74) is 1.76. The number of fused-ring (bicyclic) bond motifs is 2. The van der Waals surface area contributed by atoms with Crippen LogP contribution in [-0.2, 0) is 10.0 Å².